The molecule has 29 heavy (non-hydrogen) atoms. The number of H-pyrrole nitrogens is 1. The monoisotopic (exact) mass is 403 g/mol. The minimum absolute atomic E-state index is 0.119. The highest BCUT2D eigenvalue weighted by Gasteiger charge is 2.23. The van der Waals surface area contributed by atoms with Gasteiger partial charge < -0.3 is 14.5 Å². The van der Waals surface area contributed by atoms with Crippen molar-refractivity contribution in [1.29, 1.82) is 0 Å². The number of rotatable bonds is 9. The zero-order valence-electron chi connectivity index (χ0n) is 16.5. The van der Waals surface area contributed by atoms with Crippen molar-refractivity contribution in [3.8, 4) is 0 Å². The maximum atomic E-state index is 12.9. The number of carbonyl (C=O) groups is 4. The number of ketones is 2. The summed E-state index contributed by atoms with van der Waals surface area (Å²) in [4.78, 5) is 51.0. The van der Waals surface area contributed by atoms with E-state index >= 15 is 0 Å². The molecule has 0 amide bonds. The van der Waals surface area contributed by atoms with Crippen LogP contribution in [0.5, 0.6) is 0 Å². The van der Waals surface area contributed by atoms with Crippen molar-refractivity contribution in [3.05, 3.63) is 58.2 Å². The van der Waals surface area contributed by atoms with Crippen molar-refractivity contribution >= 4 is 23.5 Å². The van der Waals surface area contributed by atoms with E-state index in [1.54, 1.807) is 20.8 Å². The second-order valence-corrected chi connectivity index (χ2v) is 6.36. The Balaban J connectivity index is 1.89. The van der Waals surface area contributed by atoms with Gasteiger partial charge in [-0.25, -0.2) is 9.18 Å². The van der Waals surface area contributed by atoms with Crippen LogP contribution in [0.25, 0.3) is 0 Å². The van der Waals surface area contributed by atoms with E-state index in [1.807, 2.05) is 0 Å². The quantitative estimate of drug-likeness (QED) is 0.509. The molecule has 154 valence electrons. The normalized spacial score (nSPS) is 10.5. The largest absolute Gasteiger partial charge is 0.462 e. The van der Waals surface area contributed by atoms with E-state index in [9.17, 15) is 23.6 Å². The number of hydrogen-bond acceptors (Lipinski definition) is 6. The number of aromatic nitrogens is 1. The maximum Gasteiger partial charge on any atom is 0.340 e. The highest BCUT2D eigenvalue weighted by atomic mass is 19.1. The molecule has 1 N–H and O–H groups in total. The van der Waals surface area contributed by atoms with Crippen LogP contribution in [0.1, 0.15) is 62.2 Å². The van der Waals surface area contributed by atoms with E-state index in [-0.39, 0.29) is 36.5 Å². The lowest BCUT2D eigenvalue weighted by molar-refractivity contribution is -0.142. The molecule has 0 fully saturated rings. The Morgan fingerprint density at radius 3 is 2.24 bits per heavy atom. The zero-order valence-corrected chi connectivity index (χ0v) is 16.5. The predicted octanol–water partition coefficient (Wildman–Crippen LogP) is 3.34. The summed E-state index contributed by atoms with van der Waals surface area (Å²) in [6.07, 6.45) is -0.327. The van der Waals surface area contributed by atoms with Crippen molar-refractivity contribution in [1.82, 2.24) is 4.98 Å². The standard InChI is InChI=1S/C21H22FNO6/c1-4-28-21(27)19-12(2)20(23-13(19)3)17(25)11-29-18(26)10-9-16(24)14-5-7-15(22)8-6-14/h5-8,23H,4,9-11H2,1-3H3. The van der Waals surface area contributed by atoms with Gasteiger partial charge in [-0.1, -0.05) is 0 Å². The van der Waals surface area contributed by atoms with Crippen LogP contribution in [0.2, 0.25) is 0 Å². The smallest absolute Gasteiger partial charge is 0.340 e. The molecule has 0 unspecified atom stereocenters. The second kappa shape index (κ2) is 9.77. The number of esters is 2. The average molecular weight is 403 g/mol. The molecule has 0 saturated carbocycles. The maximum absolute atomic E-state index is 12.9. The molecule has 7 nitrogen and oxygen atoms in total. The predicted molar refractivity (Wildman–Crippen MR) is 101 cm³/mol. The number of benzene rings is 1. The zero-order chi connectivity index (χ0) is 21.6. The molecule has 2 rings (SSSR count). The van der Waals surface area contributed by atoms with Gasteiger partial charge in [0, 0.05) is 17.7 Å². The second-order valence-electron chi connectivity index (χ2n) is 6.36. The minimum atomic E-state index is -0.708. The summed E-state index contributed by atoms with van der Waals surface area (Å²) in [5.41, 5.74) is 1.65. The van der Waals surface area contributed by atoms with Crippen LogP contribution in [-0.2, 0) is 14.3 Å². The molecule has 1 aromatic carbocycles. The van der Waals surface area contributed by atoms with Gasteiger partial charge in [-0.2, -0.15) is 0 Å². The van der Waals surface area contributed by atoms with Crippen LogP contribution in [0.4, 0.5) is 4.39 Å². The van der Waals surface area contributed by atoms with Crippen molar-refractivity contribution in [2.75, 3.05) is 13.2 Å². The number of nitrogens with one attached hydrogen (secondary N) is 1. The number of halogens is 1. The van der Waals surface area contributed by atoms with Gasteiger partial charge in [-0.05, 0) is 50.6 Å². The molecule has 1 aromatic heterocycles. The van der Waals surface area contributed by atoms with Crippen molar-refractivity contribution in [2.45, 2.75) is 33.6 Å². The van der Waals surface area contributed by atoms with E-state index in [4.69, 9.17) is 9.47 Å². The van der Waals surface area contributed by atoms with Crippen LogP contribution in [0.15, 0.2) is 24.3 Å². The summed E-state index contributed by atoms with van der Waals surface area (Å²) >= 11 is 0. The summed E-state index contributed by atoms with van der Waals surface area (Å²) in [7, 11) is 0. The molecule has 1 heterocycles. The molecule has 0 aliphatic heterocycles. The molecule has 8 heteroatoms. The number of aromatic amines is 1. The third kappa shape index (κ3) is 5.60. The van der Waals surface area contributed by atoms with E-state index in [0.717, 1.165) is 12.1 Å². The van der Waals surface area contributed by atoms with E-state index in [0.29, 0.717) is 16.8 Å². The first kappa shape index (κ1) is 22.0. The Morgan fingerprint density at radius 2 is 1.62 bits per heavy atom. The first-order valence-corrected chi connectivity index (χ1v) is 9.08. The SMILES string of the molecule is CCOC(=O)c1c(C)[nH]c(C(=O)COC(=O)CCC(=O)c2ccc(F)cc2)c1C. The number of Topliss-reactive ketones (excluding diaryl/α,β-unsaturated/α-hetero) is 2. The third-order valence-corrected chi connectivity index (χ3v) is 4.28. The molecule has 0 atom stereocenters. The molecule has 0 radical (unpaired) electrons. The van der Waals surface area contributed by atoms with Crippen LogP contribution >= 0.6 is 0 Å². The molecular weight excluding hydrogens is 381 g/mol. The highest BCUT2D eigenvalue weighted by Crippen LogP contribution is 2.19. The van der Waals surface area contributed by atoms with Gasteiger partial charge in [-0.3, -0.25) is 14.4 Å². The first-order chi connectivity index (χ1) is 13.7. The summed E-state index contributed by atoms with van der Waals surface area (Å²) in [5.74, 6) is -2.53. The molecule has 0 spiro atoms. The van der Waals surface area contributed by atoms with Crippen LogP contribution in [0.3, 0.4) is 0 Å². The molecule has 0 aliphatic rings. The van der Waals surface area contributed by atoms with E-state index in [2.05, 4.69) is 4.98 Å². The van der Waals surface area contributed by atoms with Gasteiger partial charge in [0.25, 0.3) is 0 Å². The Bertz CT molecular complexity index is 929. The summed E-state index contributed by atoms with van der Waals surface area (Å²) in [6.45, 7) is 4.61. The van der Waals surface area contributed by atoms with Gasteiger partial charge in [0.05, 0.1) is 24.3 Å². The summed E-state index contributed by atoms with van der Waals surface area (Å²) < 4.78 is 22.8. The Labute approximate surface area is 167 Å². The van der Waals surface area contributed by atoms with Crippen molar-refractivity contribution in [2.24, 2.45) is 0 Å². The summed E-state index contributed by atoms with van der Waals surface area (Å²) in [5, 5.41) is 0. The van der Waals surface area contributed by atoms with Crippen molar-refractivity contribution < 1.29 is 33.0 Å². The van der Waals surface area contributed by atoms with Crippen LogP contribution < -0.4 is 0 Å². The molecule has 2 aromatic rings. The summed E-state index contributed by atoms with van der Waals surface area (Å²) in [6, 6.07) is 5.00. The Hall–Kier alpha value is -3.29. The lowest BCUT2D eigenvalue weighted by atomic mass is 10.1. The van der Waals surface area contributed by atoms with Crippen LogP contribution in [-0.4, -0.2) is 41.7 Å². The average Bonchev–Trinajstić information content (AvgIpc) is 2.99. The Kier molecular flexibility index (Phi) is 7.41. The number of ether oxygens (including phenoxy) is 2. The number of hydrogen-bond donors (Lipinski definition) is 1. The molecule has 0 bridgehead atoms. The lowest BCUT2D eigenvalue weighted by Crippen LogP contribution is -2.16. The molecule has 0 aliphatic carbocycles. The lowest BCUT2D eigenvalue weighted by Gasteiger charge is -2.05. The third-order valence-electron chi connectivity index (χ3n) is 4.28. The first-order valence-electron chi connectivity index (χ1n) is 9.08. The highest BCUT2D eigenvalue weighted by molar-refractivity contribution is 6.02. The van der Waals surface area contributed by atoms with Crippen LogP contribution in [0, 0.1) is 19.7 Å². The van der Waals surface area contributed by atoms with Crippen molar-refractivity contribution in [3.63, 3.8) is 0 Å². The van der Waals surface area contributed by atoms with Gasteiger partial charge in [0.2, 0.25) is 5.78 Å². The number of carbonyl (C=O) groups excluding carboxylic acids is 4. The Morgan fingerprint density at radius 1 is 0.966 bits per heavy atom. The molecular formula is C21H22FNO6. The van der Waals surface area contributed by atoms with E-state index in [1.165, 1.54) is 12.1 Å². The molecule has 0 saturated heterocycles. The fourth-order valence-electron chi connectivity index (χ4n) is 2.82. The van der Waals surface area contributed by atoms with E-state index < -0.39 is 30.1 Å². The van der Waals surface area contributed by atoms with Gasteiger partial charge in [-0.15, -0.1) is 0 Å². The topological polar surface area (TPSA) is 103 Å². The van der Waals surface area contributed by atoms with Gasteiger partial charge in [0.1, 0.15) is 5.82 Å². The van der Waals surface area contributed by atoms with Gasteiger partial charge >= 0.3 is 11.9 Å². The van der Waals surface area contributed by atoms with Gasteiger partial charge in [0.15, 0.2) is 12.4 Å². The minimum Gasteiger partial charge on any atom is -0.462 e. The number of aryl methyl sites for hydroxylation is 1. The fourth-order valence-corrected chi connectivity index (χ4v) is 2.82. The fraction of sp³-hybridized carbons (Fsp3) is 0.333.